The number of hydrogen-bond donors (Lipinski definition) is 1. The molecule has 2 aromatic heterocycles. The van der Waals surface area contributed by atoms with Gasteiger partial charge in [-0.15, -0.1) is 11.3 Å². The van der Waals surface area contributed by atoms with Crippen molar-refractivity contribution in [3.05, 3.63) is 75.1 Å². The van der Waals surface area contributed by atoms with Crippen LogP contribution >= 0.6 is 22.9 Å². The number of anilines is 1. The van der Waals surface area contributed by atoms with Crippen LogP contribution in [0.25, 0.3) is 0 Å². The van der Waals surface area contributed by atoms with Crippen LogP contribution in [-0.2, 0) is 0 Å². The lowest BCUT2D eigenvalue weighted by atomic mass is 10.1. The van der Waals surface area contributed by atoms with Gasteiger partial charge in [0.05, 0.1) is 10.6 Å². The van der Waals surface area contributed by atoms with E-state index in [2.05, 4.69) is 5.32 Å². The zero-order chi connectivity index (χ0) is 14.8. The van der Waals surface area contributed by atoms with E-state index < -0.39 is 0 Å². The van der Waals surface area contributed by atoms with E-state index >= 15 is 0 Å². The molecule has 0 aliphatic rings. The Morgan fingerprint density at radius 1 is 1.24 bits per heavy atom. The standard InChI is InChI=1S/C16H13ClFNOS/c1-10-4-5-11(18)9-12(10)19-16(13-3-2-8-20-13)14-6-7-15(17)21-14/h2-9,16,19H,1H3. The largest absolute Gasteiger partial charge is 0.467 e. The summed E-state index contributed by atoms with van der Waals surface area (Å²) in [5.41, 5.74) is 1.71. The first kappa shape index (κ1) is 14.2. The first-order valence-electron chi connectivity index (χ1n) is 6.45. The van der Waals surface area contributed by atoms with Gasteiger partial charge in [-0.25, -0.2) is 4.39 Å². The maximum atomic E-state index is 13.5. The molecule has 21 heavy (non-hydrogen) atoms. The van der Waals surface area contributed by atoms with Crippen molar-refractivity contribution in [2.75, 3.05) is 5.32 Å². The van der Waals surface area contributed by atoms with Gasteiger partial charge in [0.15, 0.2) is 0 Å². The molecule has 0 aliphatic heterocycles. The molecule has 0 radical (unpaired) electrons. The molecule has 0 bridgehead atoms. The summed E-state index contributed by atoms with van der Waals surface area (Å²) in [5, 5.41) is 3.34. The fourth-order valence-corrected chi connectivity index (χ4v) is 3.25. The number of nitrogens with one attached hydrogen (secondary N) is 1. The van der Waals surface area contributed by atoms with Crippen LogP contribution in [0.2, 0.25) is 4.34 Å². The summed E-state index contributed by atoms with van der Waals surface area (Å²) in [6.07, 6.45) is 1.62. The maximum absolute atomic E-state index is 13.5. The summed E-state index contributed by atoms with van der Waals surface area (Å²) in [7, 11) is 0. The lowest BCUT2D eigenvalue weighted by Crippen LogP contribution is -2.11. The summed E-state index contributed by atoms with van der Waals surface area (Å²) in [6.45, 7) is 1.93. The van der Waals surface area contributed by atoms with Crippen molar-refractivity contribution >= 4 is 28.6 Å². The van der Waals surface area contributed by atoms with Crippen LogP contribution in [0.15, 0.2) is 53.1 Å². The molecular formula is C16H13ClFNOS. The van der Waals surface area contributed by atoms with Crippen molar-refractivity contribution in [3.63, 3.8) is 0 Å². The number of furan rings is 1. The quantitative estimate of drug-likeness (QED) is 0.672. The zero-order valence-corrected chi connectivity index (χ0v) is 12.8. The fourth-order valence-electron chi connectivity index (χ4n) is 2.13. The molecule has 5 heteroatoms. The topological polar surface area (TPSA) is 25.2 Å². The predicted octanol–water partition coefficient (Wildman–Crippen LogP) is 5.64. The molecule has 2 nitrogen and oxygen atoms in total. The van der Waals surface area contributed by atoms with Crippen LogP contribution in [0, 0.1) is 12.7 Å². The smallest absolute Gasteiger partial charge is 0.131 e. The van der Waals surface area contributed by atoms with Crippen LogP contribution in [0.3, 0.4) is 0 Å². The lowest BCUT2D eigenvalue weighted by Gasteiger charge is -2.18. The fraction of sp³-hybridized carbons (Fsp3) is 0.125. The van der Waals surface area contributed by atoms with Crippen LogP contribution < -0.4 is 5.32 Å². The van der Waals surface area contributed by atoms with Gasteiger partial charge in [-0.1, -0.05) is 17.7 Å². The third-order valence-corrected chi connectivity index (χ3v) is 4.50. The number of aryl methyl sites for hydroxylation is 1. The number of hydrogen-bond acceptors (Lipinski definition) is 3. The summed E-state index contributed by atoms with van der Waals surface area (Å²) < 4.78 is 19.7. The van der Waals surface area contributed by atoms with E-state index in [1.807, 2.05) is 31.2 Å². The van der Waals surface area contributed by atoms with E-state index in [1.54, 1.807) is 12.3 Å². The first-order chi connectivity index (χ1) is 10.1. The average Bonchev–Trinajstić information content (AvgIpc) is 3.11. The molecule has 0 amide bonds. The Kier molecular flexibility index (Phi) is 3.99. The Morgan fingerprint density at radius 2 is 2.10 bits per heavy atom. The van der Waals surface area contributed by atoms with Gasteiger partial charge in [-0.3, -0.25) is 0 Å². The summed E-state index contributed by atoms with van der Waals surface area (Å²) in [6, 6.07) is 12.0. The molecule has 1 atom stereocenters. The monoisotopic (exact) mass is 321 g/mol. The molecule has 0 fully saturated rings. The Bertz CT molecular complexity index is 739. The second-order valence-electron chi connectivity index (χ2n) is 4.69. The minimum atomic E-state index is -0.273. The Morgan fingerprint density at radius 3 is 2.76 bits per heavy atom. The van der Waals surface area contributed by atoms with Crippen LogP contribution in [0.4, 0.5) is 10.1 Å². The highest BCUT2D eigenvalue weighted by atomic mass is 35.5. The van der Waals surface area contributed by atoms with E-state index in [1.165, 1.54) is 23.5 Å². The molecule has 0 saturated heterocycles. The first-order valence-corrected chi connectivity index (χ1v) is 7.64. The van der Waals surface area contributed by atoms with Crippen molar-refractivity contribution in [3.8, 4) is 0 Å². The molecule has 1 unspecified atom stereocenters. The van der Waals surface area contributed by atoms with Gasteiger partial charge in [-0.2, -0.15) is 0 Å². The predicted molar refractivity (Wildman–Crippen MR) is 84.6 cm³/mol. The zero-order valence-electron chi connectivity index (χ0n) is 11.3. The second-order valence-corrected chi connectivity index (χ2v) is 6.44. The highest BCUT2D eigenvalue weighted by molar-refractivity contribution is 7.16. The number of halogens is 2. The Labute approximate surface area is 131 Å². The van der Waals surface area contributed by atoms with E-state index in [0.29, 0.717) is 4.34 Å². The molecular weight excluding hydrogens is 309 g/mol. The molecule has 3 rings (SSSR count). The van der Waals surface area contributed by atoms with Crippen molar-refractivity contribution in [2.24, 2.45) is 0 Å². The minimum absolute atomic E-state index is 0.196. The Hall–Kier alpha value is -1.78. The van der Waals surface area contributed by atoms with Gasteiger partial charge in [0.1, 0.15) is 17.6 Å². The van der Waals surface area contributed by atoms with Gasteiger partial charge in [0.2, 0.25) is 0 Å². The van der Waals surface area contributed by atoms with Crippen molar-refractivity contribution in [1.82, 2.24) is 0 Å². The minimum Gasteiger partial charge on any atom is -0.467 e. The van der Waals surface area contributed by atoms with Crippen LogP contribution in [0.5, 0.6) is 0 Å². The van der Waals surface area contributed by atoms with E-state index in [4.69, 9.17) is 16.0 Å². The highest BCUT2D eigenvalue weighted by Crippen LogP contribution is 2.34. The van der Waals surface area contributed by atoms with Gasteiger partial charge >= 0.3 is 0 Å². The second kappa shape index (κ2) is 5.92. The van der Waals surface area contributed by atoms with E-state index in [-0.39, 0.29) is 11.9 Å². The van der Waals surface area contributed by atoms with Crippen molar-refractivity contribution in [2.45, 2.75) is 13.0 Å². The SMILES string of the molecule is Cc1ccc(F)cc1NC(c1ccco1)c1ccc(Cl)s1. The summed E-state index contributed by atoms with van der Waals surface area (Å²) in [4.78, 5) is 1.01. The van der Waals surface area contributed by atoms with Gasteiger partial charge in [-0.05, 0) is 48.9 Å². The number of thiophene rings is 1. The molecule has 0 saturated carbocycles. The normalized spacial score (nSPS) is 12.3. The van der Waals surface area contributed by atoms with Gasteiger partial charge < -0.3 is 9.73 Å². The molecule has 1 aromatic carbocycles. The van der Waals surface area contributed by atoms with Crippen molar-refractivity contribution in [1.29, 1.82) is 0 Å². The average molecular weight is 322 g/mol. The van der Waals surface area contributed by atoms with E-state index in [9.17, 15) is 4.39 Å². The van der Waals surface area contributed by atoms with Crippen LogP contribution in [-0.4, -0.2) is 0 Å². The molecule has 108 valence electrons. The third kappa shape index (κ3) is 3.12. The van der Waals surface area contributed by atoms with Crippen LogP contribution in [0.1, 0.15) is 22.2 Å². The lowest BCUT2D eigenvalue weighted by molar-refractivity contribution is 0.500. The summed E-state index contributed by atoms with van der Waals surface area (Å²) >= 11 is 7.50. The molecule has 0 spiro atoms. The maximum Gasteiger partial charge on any atom is 0.131 e. The summed E-state index contributed by atoms with van der Waals surface area (Å²) in [5.74, 6) is 0.489. The van der Waals surface area contributed by atoms with Gasteiger partial charge in [0.25, 0.3) is 0 Å². The Balaban J connectivity index is 1.98. The molecule has 2 heterocycles. The third-order valence-electron chi connectivity index (χ3n) is 3.21. The molecule has 3 aromatic rings. The number of benzene rings is 1. The highest BCUT2D eigenvalue weighted by Gasteiger charge is 2.19. The van der Waals surface area contributed by atoms with Crippen molar-refractivity contribution < 1.29 is 8.81 Å². The van der Waals surface area contributed by atoms with Gasteiger partial charge in [0, 0.05) is 10.6 Å². The molecule has 0 aliphatic carbocycles. The molecule has 1 N–H and O–H groups in total. The number of rotatable bonds is 4. The van der Waals surface area contributed by atoms with E-state index in [0.717, 1.165) is 21.9 Å².